The van der Waals surface area contributed by atoms with Gasteiger partial charge in [-0.3, -0.25) is 0 Å². The number of hydrogen-bond acceptors (Lipinski definition) is 2. The van der Waals surface area contributed by atoms with Crippen LogP contribution in [0.1, 0.15) is 18.2 Å². The summed E-state index contributed by atoms with van der Waals surface area (Å²) in [4.78, 5) is 0. The number of hydrogen-bond donors (Lipinski definition) is 1. The SMILES string of the molecule is CCc1cccc(-n2ccc(CN)n2)c1. The number of nitrogens with zero attached hydrogens (tertiary/aromatic N) is 2. The van der Waals surface area contributed by atoms with Crippen LogP contribution in [0, 0.1) is 0 Å². The van der Waals surface area contributed by atoms with Gasteiger partial charge < -0.3 is 5.73 Å². The van der Waals surface area contributed by atoms with E-state index in [1.54, 1.807) is 0 Å². The van der Waals surface area contributed by atoms with Crippen molar-refractivity contribution in [2.75, 3.05) is 0 Å². The predicted molar refractivity (Wildman–Crippen MR) is 60.8 cm³/mol. The van der Waals surface area contributed by atoms with E-state index in [4.69, 9.17) is 5.73 Å². The molecule has 3 nitrogen and oxygen atoms in total. The second-order valence-electron chi connectivity index (χ2n) is 3.48. The van der Waals surface area contributed by atoms with Gasteiger partial charge in [-0.1, -0.05) is 19.1 Å². The van der Waals surface area contributed by atoms with E-state index in [-0.39, 0.29) is 0 Å². The van der Waals surface area contributed by atoms with Gasteiger partial charge in [-0.2, -0.15) is 5.10 Å². The second kappa shape index (κ2) is 4.28. The van der Waals surface area contributed by atoms with Crippen LogP contribution < -0.4 is 5.73 Å². The largest absolute Gasteiger partial charge is 0.325 e. The van der Waals surface area contributed by atoms with Gasteiger partial charge in [-0.25, -0.2) is 4.68 Å². The van der Waals surface area contributed by atoms with Gasteiger partial charge in [0.05, 0.1) is 11.4 Å². The molecular weight excluding hydrogens is 186 g/mol. The highest BCUT2D eigenvalue weighted by Crippen LogP contribution is 2.10. The summed E-state index contributed by atoms with van der Waals surface area (Å²) in [7, 11) is 0. The van der Waals surface area contributed by atoms with Crippen molar-refractivity contribution in [1.29, 1.82) is 0 Å². The van der Waals surface area contributed by atoms with Crippen LogP contribution in [0.3, 0.4) is 0 Å². The lowest BCUT2D eigenvalue weighted by Gasteiger charge is -2.03. The molecule has 0 atom stereocenters. The maximum Gasteiger partial charge on any atom is 0.0764 e. The maximum absolute atomic E-state index is 5.52. The Morgan fingerprint density at radius 3 is 2.87 bits per heavy atom. The zero-order valence-electron chi connectivity index (χ0n) is 8.85. The quantitative estimate of drug-likeness (QED) is 0.824. The highest BCUT2D eigenvalue weighted by Gasteiger charge is 1.99. The molecule has 2 aromatic rings. The molecule has 0 aliphatic carbocycles. The first kappa shape index (κ1) is 9.93. The summed E-state index contributed by atoms with van der Waals surface area (Å²) < 4.78 is 1.86. The highest BCUT2D eigenvalue weighted by atomic mass is 15.3. The number of aromatic nitrogens is 2. The summed E-state index contributed by atoms with van der Waals surface area (Å²) in [6, 6.07) is 10.3. The van der Waals surface area contributed by atoms with Gasteiger partial charge in [0.15, 0.2) is 0 Å². The minimum Gasteiger partial charge on any atom is -0.325 e. The van der Waals surface area contributed by atoms with Crippen molar-refractivity contribution in [2.45, 2.75) is 19.9 Å². The van der Waals surface area contributed by atoms with Crippen LogP contribution in [0.25, 0.3) is 5.69 Å². The Hall–Kier alpha value is -1.61. The zero-order chi connectivity index (χ0) is 10.7. The van der Waals surface area contributed by atoms with Gasteiger partial charge in [0.25, 0.3) is 0 Å². The molecule has 2 N–H and O–H groups in total. The van der Waals surface area contributed by atoms with E-state index in [1.165, 1.54) is 5.56 Å². The van der Waals surface area contributed by atoms with Crippen LogP contribution in [0.2, 0.25) is 0 Å². The summed E-state index contributed by atoms with van der Waals surface area (Å²) in [5.41, 5.74) is 8.84. The van der Waals surface area contributed by atoms with E-state index < -0.39 is 0 Å². The third-order valence-corrected chi connectivity index (χ3v) is 2.44. The molecule has 0 amide bonds. The Labute approximate surface area is 89.5 Å². The zero-order valence-corrected chi connectivity index (χ0v) is 8.85. The first-order chi connectivity index (χ1) is 7.33. The molecule has 0 spiro atoms. The molecule has 3 heteroatoms. The normalized spacial score (nSPS) is 10.5. The van der Waals surface area contributed by atoms with Gasteiger partial charge in [-0.05, 0) is 30.2 Å². The van der Waals surface area contributed by atoms with Crippen LogP contribution in [0.15, 0.2) is 36.5 Å². The van der Waals surface area contributed by atoms with Crippen molar-refractivity contribution in [3.8, 4) is 5.69 Å². The van der Waals surface area contributed by atoms with Gasteiger partial charge in [0.2, 0.25) is 0 Å². The Bertz CT molecular complexity index is 446. The van der Waals surface area contributed by atoms with Gasteiger partial charge in [-0.15, -0.1) is 0 Å². The third-order valence-electron chi connectivity index (χ3n) is 2.44. The van der Waals surface area contributed by atoms with E-state index >= 15 is 0 Å². The van der Waals surface area contributed by atoms with Crippen molar-refractivity contribution < 1.29 is 0 Å². The minimum atomic E-state index is 0.487. The molecule has 78 valence electrons. The van der Waals surface area contributed by atoms with Crippen molar-refractivity contribution in [1.82, 2.24) is 9.78 Å². The fourth-order valence-electron chi connectivity index (χ4n) is 1.53. The molecule has 1 aromatic carbocycles. The topological polar surface area (TPSA) is 43.8 Å². The first-order valence-corrected chi connectivity index (χ1v) is 5.17. The number of aryl methyl sites for hydroxylation is 1. The molecule has 1 heterocycles. The molecule has 0 aliphatic heterocycles. The Morgan fingerprint density at radius 2 is 2.20 bits per heavy atom. The number of nitrogens with two attached hydrogens (primary N) is 1. The number of rotatable bonds is 3. The van der Waals surface area contributed by atoms with Gasteiger partial charge in [0.1, 0.15) is 0 Å². The van der Waals surface area contributed by atoms with Crippen molar-refractivity contribution in [3.05, 3.63) is 47.8 Å². The maximum atomic E-state index is 5.52. The van der Waals surface area contributed by atoms with E-state index in [9.17, 15) is 0 Å². The summed E-state index contributed by atoms with van der Waals surface area (Å²) in [6.07, 6.45) is 2.98. The lowest BCUT2D eigenvalue weighted by atomic mass is 10.1. The molecule has 0 saturated carbocycles. The number of benzene rings is 1. The Balaban J connectivity index is 2.35. The first-order valence-electron chi connectivity index (χ1n) is 5.17. The highest BCUT2D eigenvalue weighted by molar-refractivity contribution is 5.35. The molecule has 0 fully saturated rings. The van der Waals surface area contributed by atoms with Crippen molar-refractivity contribution >= 4 is 0 Å². The molecule has 15 heavy (non-hydrogen) atoms. The molecular formula is C12H15N3. The van der Waals surface area contributed by atoms with Crippen LogP contribution >= 0.6 is 0 Å². The lowest BCUT2D eigenvalue weighted by molar-refractivity contribution is 0.832. The monoisotopic (exact) mass is 201 g/mol. The summed E-state index contributed by atoms with van der Waals surface area (Å²) in [5, 5.41) is 4.37. The average Bonchev–Trinajstić information content (AvgIpc) is 2.78. The van der Waals surface area contributed by atoms with E-state index in [0.29, 0.717) is 6.54 Å². The van der Waals surface area contributed by atoms with Crippen molar-refractivity contribution in [2.24, 2.45) is 5.73 Å². The fraction of sp³-hybridized carbons (Fsp3) is 0.250. The second-order valence-corrected chi connectivity index (χ2v) is 3.48. The minimum absolute atomic E-state index is 0.487. The van der Waals surface area contributed by atoms with Crippen molar-refractivity contribution in [3.63, 3.8) is 0 Å². The Kier molecular flexibility index (Phi) is 2.83. The summed E-state index contributed by atoms with van der Waals surface area (Å²) >= 11 is 0. The molecule has 2 rings (SSSR count). The van der Waals surface area contributed by atoms with Gasteiger partial charge in [0, 0.05) is 12.7 Å². The van der Waals surface area contributed by atoms with Gasteiger partial charge >= 0.3 is 0 Å². The average molecular weight is 201 g/mol. The molecule has 0 radical (unpaired) electrons. The van der Waals surface area contributed by atoms with E-state index in [1.807, 2.05) is 23.0 Å². The predicted octanol–water partition coefficient (Wildman–Crippen LogP) is 1.89. The molecule has 0 saturated heterocycles. The lowest BCUT2D eigenvalue weighted by Crippen LogP contribution is -2.00. The standard InChI is InChI=1S/C12H15N3/c1-2-10-4-3-5-12(8-10)15-7-6-11(9-13)14-15/h3-8H,2,9,13H2,1H3. The molecule has 1 aromatic heterocycles. The Morgan fingerprint density at radius 1 is 1.33 bits per heavy atom. The van der Waals surface area contributed by atoms with Crippen LogP contribution in [-0.4, -0.2) is 9.78 Å². The molecule has 0 aliphatic rings. The summed E-state index contributed by atoms with van der Waals surface area (Å²) in [5.74, 6) is 0. The summed E-state index contributed by atoms with van der Waals surface area (Å²) in [6.45, 7) is 2.63. The fourth-order valence-corrected chi connectivity index (χ4v) is 1.53. The van der Waals surface area contributed by atoms with Crippen LogP contribution in [0.4, 0.5) is 0 Å². The molecule has 0 bridgehead atoms. The van der Waals surface area contributed by atoms with E-state index in [0.717, 1.165) is 17.8 Å². The molecule has 0 unspecified atom stereocenters. The third kappa shape index (κ3) is 2.07. The van der Waals surface area contributed by atoms with Crippen LogP contribution in [-0.2, 0) is 13.0 Å². The van der Waals surface area contributed by atoms with E-state index in [2.05, 4.69) is 30.2 Å². The van der Waals surface area contributed by atoms with Crippen LogP contribution in [0.5, 0.6) is 0 Å². The smallest absolute Gasteiger partial charge is 0.0764 e.